The molecule has 0 saturated carbocycles. The van der Waals surface area contributed by atoms with E-state index in [1.54, 1.807) is 12.1 Å². The summed E-state index contributed by atoms with van der Waals surface area (Å²) in [5.74, 6) is 0.0223. The van der Waals surface area contributed by atoms with Crippen molar-refractivity contribution >= 4 is 0 Å². The van der Waals surface area contributed by atoms with Crippen molar-refractivity contribution in [2.24, 2.45) is 5.73 Å². The number of phenolic OH excluding ortho intramolecular Hbond substituents is 1. The molecule has 0 saturated heterocycles. The second-order valence-electron chi connectivity index (χ2n) is 3.54. The molecular formula is C11H16FNO. The smallest absolute Gasteiger partial charge is 0.130 e. The van der Waals surface area contributed by atoms with E-state index in [0.29, 0.717) is 5.56 Å². The van der Waals surface area contributed by atoms with E-state index in [4.69, 9.17) is 5.73 Å². The van der Waals surface area contributed by atoms with Crippen molar-refractivity contribution in [3.63, 3.8) is 0 Å². The van der Waals surface area contributed by atoms with Gasteiger partial charge in [-0.25, -0.2) is 4.39 Å². The number of nitrogens with two attached hydrogens (primary N) is 1. The first-order chi connectivity index (χ1) is 6.56. The van der Waals surface area contributed by atoms with Gasteiger partial charge in [0.05, 0.1) is 0 Å². The zero-order valence-corrected chi connectivity index (χ0v) is 8.55. The Morgan fingerprint density at radius 2 is 1.93 bits per heavy atom. The van der Waals surface area contributed by atoms with E-state index in [2.05, 4.69) is 0 Å². The van der Waals surface area contributed by atoms with Gasteiger partial charge in [0, 0.05) is 5.56 Å². The molecule has 3 N–H and O–H groups in total. The lowest BCUT2D eigenvalue weighted by Crippen LogP contribution is -2.04. The second-order valence-corrected chi connectivity index (χ2v) is 3.54. The predicted molar refractivity (Wildman–Crippen MR) is 55.1 cm³/mol. The van der Waals surface area contributed by atoms with E-state index in [-0.39, 0.29) is 18.7 Å². The van der Waals surface area contributed by atoms with Crippen LogP contribution in [0.5, 0.6) is 5.75 Å². The Balaban J connectivity index is 3.02. The summed E-state index contributed by atoms with van der Waals surface area (Å²) in [7, 11) is 0. The van der Waals surface area contributed by atoms with Gasteiger partial charge in [-0.1, -0.05) is 0 Å². The molecule has 0 radical (unpaired) electrons. The number of hydrogen-bond donors (Lipinski definition) is 2. The molecule has 0 aromatic heterocycles. The van der Waals surface area contributed by atoms with Crippen LogP contribution in [0.3, 0.4) is 0 Å². The fraction of sp³-hybridized carbons (Fsp3) is 0.455. The van der Waals surface area contributed by atoms with Crippen LogP contribution < -0.4 is 5.73 Å². The van der Waals surface area contributed by atoms with Gasteiger partial charge in [0.25, 0.3) is 0 Å². The van der Waals surface area contributed by atoms with E-state index < -0.39 is 6.17 Å². The minimum Gasteiger partial charge on any atom is -0.508 e. The topological polar surface area (TPSA) is 46.2 Å². The van der Waals surface area contributed by atoms with Gasteiger partial charge in [0.15, 0.2) is 0 Å². The van der Waals surface area contributed by atoms with Crippen LogP contribution in [0.4, 0.5) is 4.39 Å². The van der Waals surface area contributed by atoms with E-state index in [1.165, 1.54) is 0 Å². The summed E-state index contributed by atoms with van der Waals surface area (Å²) in [5.41, 5.74) is 7.56. The molecule has 1 aromatic rings. The standard InChI is InChI=1S/C11H16FNO/c1-7-5-9(10(12)3-4-13)11(14)6-8(7)2/h5-6,10,14H,3-4,13H2,1-2H3. The van der Waals surface area contributed by atoms with Crippen molar-refractivity contribution in [2.75, 3.05) is 6.54 Å². The monoisotopic (exact) mass is 197 g/mol. The lowest BCUT2D eigenvalue weighted by molar-refractivity contribution is 0.315. The molecule has 0 spiro atoms. The lowest BCUT2D eigenvalue weighted by Gasteiger charge is -2.11. The summed E-state index contributed by atoms with van der Waals surface area (Å²) in [6, 6.07) is 3.28. The minimum absolute atomic E-state index is 0.0223. The molecule has 0 aliphatic heterocycles. The molecule has 0 fully saturated rings. The first-order valence-electron chi connectivity index (χ1n) is 4.70. The molecule has 0 heterocycles. The number of halogens is 1. The van der Waals surface area contributed by atoms with Crippen molar-refractivity contribution in [1.82, 2.24) is 0 Å². The van der Waals surface area contributed by atoms with Crippen LogP contribution in [0.25, 0.3) is 0 Å². The van der Waals surface area contributed by atoms with Crippen molar-refractivity contribution in [1.29, 1.82) is 0 Å². The van der Waals surface area contributed by atoms with Crippen LogP contribution in [-0.4, -0.2) is 11.7 Å². The van der Waals surface area contributed by atoms with Crippen LogP contribution in [0.1, 0.15) is 29.3 Å². The number of benzene rings is 1. The third kappa shape index (κ3) is 2.23. The van der Waals surface area contributed by atoms with Gasteiger partial charge in [-0.05, 0) is 50.1 Å². The highest BCUT2D eigenvalue weighted by atomic mass is 19.1. The van der Waals surface area contributed by atoms with Gasteiger partial charge in [0.2, 0.25) is 0 Å². The molecule has 0 aliphatic carbocycles. The Morgan fingerprint density at radius 3 is 2.50 bits per heavy atom. The van der Waals surface area contributed by atoms with E-state index >= 15 is 0 Å². The quantitative estimate of drug-likeness (QED) is 0.781. The van der Waals surface area contributed by atoms with Gasteiger partial charge >= 0.3 is 0 Å². The van der Waals surface area contributed by atoms with E-state index in [0.717, 1.165) is 11.1 Å². The lowest BCUT2D eigenvalue weighted by atomic mass is 10.0. The molecule has 0 aliphatic rings. The number of aromatic hydroxyl groups is 1. The van der Waals surface area contributed by atoms with Crippen molar-refractivity contribution in [3.8, 4) is 5.75 Å². The van der Waals surface area contributed by atoms with Crippen LogP contribution in [0.2, 0.25) is 0 Å². The number of aryl methyl sites for hydroxylation is 2. The number of hydrogen-bond acceptors (Lipinski definition) is 2. The number of rotatable bonds is 3. The second kappa shape index (κ2) is 4.42. The third-order valence-electron chi connectivity index (χ3n) is 2.40. The predicted octanol–water partition coefficient (Wildman–Crippen LogP) is 2.37. The summed E-state index contributed by atoms with van der Waals surface area (Å²) >= 11 is 0. The maximum absolute atomic E-state index is 13.5. The third-order valence-corrected chi connectivity index (χ3v) is 2.40. The van der Waals surface area contributed by atoms with Crippen LogP contribution in [0.15, 0.2) is 12.1 Å². The van der Waals surface area contributed by atoms with Gasteiger partial charge in [-0.2, -0.15) is 0 Å². The highest BCUT2D eigenvalue weighted by Crippen LogP contribution is 2.31. The summed E-state index contributed by atoms with van der Waals surface area (Å²) < 4.78 is 13.5. The molecule has 1 unspecified atom stereocenters. The van der Waals surface area contributed by atoms with Gasteiger partial charge in [-0.15, -0.1) is 0 Å². The maximum Gasteiger partial charge on any atom is 0.130 e. The molecule has 2 nitrogen and oxygen atoms in total. The van der Waals surface area contributed by atoms with Crippen LogP contribution >= 0.6 is 0 Å². The Hall–Kier alpha value is -1.09. The SMILES string of the molecule is Cc1cc(O)c(C(F)CCN)cc1C. The molecule has 0 bridgehead atoms. The molecular weight excluding hydrogens is 181 g/mol. The first kappa shape index (κ1) is 11.0. The van der Waals surface area contributed by atoms with E-state index in [9.17, 15) is 9.50 Å². The van der Waals surface area contributed by atoms with Crippen LogP contribution in [0, 0.1) is 13.8 Å². The molecule has 0 amide bonds. The molecule has 1 rings (SSSR count). The largest absolute Gasteiger partial charge is 0.508 e. The van der Waals surface area contributed by atoms with Gasteiger partial charge in [-0.3, -0.25) is 0 Å². The van der Waals surface area contributed by atoms with Crippen molar-refractivity contribution < 1.29 is 9.50 Å². The number of alkyl halides is 1. The fourth-order valence-corrected chi connectivity index (χ4v) is 1.38. The molecule has 78 valence electrons. The summed E-state index contributed by atoms with van der Waals surface area (Å²) in [5, 5.41) is 9.53. The molecule has 3 heteroatoms. The van der Waals surface area contributed by atoms with Crippen molar-refractivity contribution in [2.45, 2.75) is 26.4 Å². The average Bonchev–Trinajstić information content (AvgIpc) is 2.11. The Labute approximate surface area is 83.6 Å². The maximum atomic E-state index is 13.5. The first-order valence-corrected chi connectivity index (χ1v) is 4.70. The number of phenols is 1. The summed E-state index contributed by atoms with van der Waals surface area (Å²) in [6.45, 7) is 4.07. The Morgan fingerprint density at radius 1 is 1.36 bits per heavy atom. The highest BCUT2D eigenvalue weighted by Gasteiger charge is 2.14. The normalized spacial score (nSPS) is 12.9. The summed E-state index contributed by atoms with van der Waals surface area (Å²) in [4.78, 5) is 0. The molecule has 14 heavy (non-hydrogen) atoms. The zero-order chi connectivity index (χ0) is 10.7. The zero-order valence-electron chi connectivity index (χ0n) is 8.55. The van der Waals surface area contributed by atoms with E-state index in [1.807, 2.05) is 13.8 Å². The van der Waals surface area contributed by atoms with Crippen LogP contribution in [-0.2, 0) is 0 Å². The molecule has 1 aromatic carbocycles. The average molecular weight is 197 g/mol. The Kier molecular flexibility index (Phi) is 3.47. The summed E-state index contributed by atoms with van der Waals surface area (Å²) in [6.07, 6.45) is -0.921. The van der Waals surface area contributed by atoms with Gasteiger partial charge in [0.1, 0.15) is 11.9 Å². The highest BCUT2D eigenvalue weighted by molar-refractivity contribution is 5.42. The minimum atomic E-state index is -1.17. The fourth-order valence-electron chi connectivity index (χ4n) is 1.38. The van der Waals surface area contributed by atoms with Gasteiger partial charge < -0.3 is 10.8 Å². The molecule has 1 atom stereocenters. The van der Waals surface area contributed by atoms with Crippen molar-refractivity contribution in [3.05, 3.63) is 28.8 Å². The Bertz CT molecular complexity index is 325.